The molecule has 1 atom stereocenters. The number of hydrogen-bond acceptors (Lipinski definition) is 5. The average molecular weight is 275 g/mol. The van der Waals surface area contributed by atoms with Gasteiger partial charge in [0.25, 0.3) is 5.91 Å². The molecule has 98 valence electrons. The lowest BCUT2D eigenvalue weighted by Crippen LogP contribution is -2.26. The molecule has 6 heteroatoms. The summed E-state index contributed by atoms with van der Waals surface area (Å²) in [6, 6.07) is 9.77. The molecule has 2 heterocycles. The molecule has 0 spiro atoms. The van der Waals surface area contributed by atoms with Crippen LogP contribution in [0.4, 0.5) is 5.13 Å². The van der Waals surface area contributed by atoms with Crippen molar-refractivity contribution in [3.05, 3.63) is 30.3 Å². The van der Waals surface area contributed by atoms with Crippen LogP contribution < -0.4 is 5.32 Å². The maximum atomic E-state index is 11.9. The standard InChI is InChI=1S/C13H13N3O2S/c17-11(10-7-4-8-18-10)14-13-16-15-12(19-13)9-5-2-1-3-6-9/h1-3,5-6,10H,4,7-8H2,(H,14,16,17)/t10-/m0/s1. The van der Waals surface area contributed by atoms with Gasteiger partial charge < -0.3 is 4.74 Å². The van der Waals surface area contributed by atoms with Crippen LogP contribution in [0.1, 0.15) is 12.8 Å². The van der Waals surface area contributed by atoms with E-state index in [0.717, 1.165) is 23.4 Å². The first kappa shape index (κ1) is 12.3. The zero-order chi connectivity index (χ0) is 13.1. The van der Waals surface area contributed by atoms with Gasteiger partial charge in [0, 0.05) is 12.2 Å². The number of ether oxygens (including phenoxy) is 1. The SMILES string of the molecule is O=C(Nc1nnc(-c2ccccc2)s1)[C@@H]1CCCO1. The summed E-state index contributed by atoms with van der Waals surface area (Å²) < 4.78 is 5.32. The molecule has 3 rings (SSSR count). The molecule has 1 N–H and O–H groups in total. The van der Waals surface area contributed by atoms with Crippen LogP contribution in [-0.4, -0.2) is 28.8 Å². The summed E-state index contributed by atoms with van der Waals surface area (Å²) >= 11 is 1.36. The lowest BCUT2D eigenvalue weighted by Gasteiger charge is -2.06. The Kier molecular flexibility index (Phi) is 3.52. The van der Waals surface area contributed by atoms with Crippen LogP contribution in [0.2, 0.25) is 0 Å². The Hall–Kier alpha value is -1.79. The molecule has 1 aromatic carbocycles. The van der Waals surface area contributed by atoms with Crippen molar-refractivity contribution >= 4 is 22.4 Å². The lowest BCUT2D eigenvalue weighted by atomic mass is 10.2. The summed E-state index contributed by atoms with van der Waals surface area (Å²) in [4.78, 5) is 11.9. The summed E-state index contributed by atoms with van der Waals surface area (Å²) in [5, 5.41) is 12.1. The highest BCUT2D eigenvalue weighted by molar-refractivity contribution is 7.18. The third kappa shape index (κ3) is 2.80. The van der Waals surface area contributed by atoms with Gasteiger partial charge in [0.05, 0.1) is 0 Å². The number of benzene rings is 1. The number of rotatable bonds is 3. The summed E-state index contributed by atoms with van der Waals surface area (Å²) in [6.45, 7) is 0.656. The Morgan fingerprint density at radius 1 is 1.32 bits per heavy atom. The monoisotopic (exact) mass is 275 g/mol. The van der Waals surface area contributed by atoms with E-state index < -0.39 is 0 Å². The summed E-state index contributed by atoms with van der Waals surface area (Å²) in [5.74, 6) is -0.131. The van der Waals surface area contributed by atoms with Crippen LogP contribution in [0.3, 0.4) is 0 Å². The topological polar surface area (TPSA) is 64.1 Å². The van der Waals surface area contributed by atoms with E-state index in [1.165, 1.54) is 11.3 Å². The third-order valence-electron chi connectivity index (χ3n) is 2.90. The average Bonchev–Trinajstić information content (AvgIpc) is 3.11. The number of nitrogens with zero attached hydrogens (tertiary/aromatic N) is 2. The molecule has 19 heavy (non-hydrogen) atoms. The molecule has 0 unspecified atom stereocenters. The highest BCUT2D eigenvalue weighted by atomic mass is 32.1. The second-order valence-electron chi connectivity index (χ2n) is 4.27. The van der Waals surface area contributed by atoms with Gasteiger partial charge in [0.2, 0.25) is 5.13 Å². The highest BCUT2D eigenvalue weighted by Gasteiger charge is 2.24. The van der Waals surface area contributed by atoms with Crippen molar-refractivity contribution in [3.63, 3.8) is 0 Å². The second kappa shape index (κ2) is 5.46. The number of amides is 1. The first-order chi connectivity index (χ1) is 9.33. The summed E-state index contributed by atoms with van der Waals surface area (Å²) in [5.41, 5.74) is 0.998. The molecule has 0 saturated carbocycles. The van der Waals surface area contributed by atoms with E-state index in [1.807, 2.05) is 30.3 Å². The van der Waals surface area contributed by atoms with Crippen LogP contribution in [0.5, 0.6) is 0 Å². The molecule has 1 amide bonds. The van der Waals surface area contributed by atoms with Gasteiger partial charge >= 0.3 is 0 Å². The van der Waals surface area contributed by atoms with Crippen LogP contribution in [0.25, 0.3) is 10.6 Å². The van der Waals surface area contributed by atoms with E-state index in [0.29, 0.717) is 11.7 Å². The fourth-order valence-electron chi connectivity index (χ4n) is 1.94. The predicted molar refractivity (Wildman–Crippen MR) is 72.9 cm³/mol. The van der Waals surface area contributed by atoms with E-state index in [9.17, 15) is 4.79 Å². The minimum atomic E-state index is -0.343. The van der Waals surface area contributed by atoms with Crippen molar-refractivity contribution in [1.82, 2.24) is 10.2 Å². The largest absolute Gasteiger partial charge is 0.368 e. The van der Waals surface area contributed by atoms with Crippen molar-refractivity contribution in [2.45, 2.75) is 18.9 Å². The summed E-state index contributed by atoms with van der Waals surface area (Å²) in [7, 11) is 0. The Labute approximate surface area is 114 Å². The van der Waals surface area contributed by atoms with Gasteiger partial charge in [-0.1, -0.05) is 41.7 Å². The molecule has 0 radical (unpaired) electrons. The highest BCUT2D eigenvalue weighted by Crippen LogP contribution is 2.26. The number of aromatic nitrogens is 2. The molecule has 1 aliphatic rings. The first-order valence-electron chi connectivity index (χ1n) is 6.14. The lowest BCUT2D eigenvalue weighted by molar-refractivity contribution is -0.124. The van der Waals surface area contributed by atoms with E-state index in [4.69, 9.17) is 4.74 Å². The minimum Gasteiger partial charge on any atom is -0.368 e. The van der Waals surface area contributed by atoms with E-state index in [2.05, 4.69) is 15.5 Å². The second-order valence-corrected chi connectivity index (χ2v) is 5.25. The molecular weight excluding hydrogens is 262 g/mol. The zero-order valence-electron chi connectivity index (χ0n) is 10.2. The molecule has 1 fully saturated rings. The van der Waals surface area contributed by atoms with Crippen LogP contribution in [0, 0.1) is 0 Å². The fraction of sp³-hybridized carbons (Fsp3) is 0.308. The Morgan fingerprint density at radius 2 is 2.16 bits per heavy atom. The van der Waals surface area contributed by atoms with Crippen molar-refractivity contribution in [2.24, 2.45) is 0 Å². The molecule has 5 nitrogen and oxygen atoms in total. The first-order valence-corrected chi connectivity index (χ1v) is 6.96. The van der Waals surface area contributed by atoms with E-state index >= 15 is 0 Å². The van der Waals surface area contributed by atoms with Gasteiger partial charge in [0.15, 0.2) is 0 Å². The van der Waals surface area contributed by atoms with Crippen molar-refractivity contribution in [2.75, 3.05) is 11.9 Å². The predicted octanol–water partition coefficient (Wildman–Crippen LogP) is 2.32. The van der Waals surface area contributed by atoms with Gasteiger partial charge in [0.1, 0.15) is 11.1 Å². The third-order valence-corrected chi connectivity index (χ3v) is 3.79. The van der Waals surface area contributed by atoms with E-state index in [1.54, 1.807) is 0 Å². The number of carbonyl (C=O) groups is 1. The molecule has 1 saturated heterocycles. The summed E-state index contributed by atoms with van der Waals surface area (Å²) in [6.07, 6.45) is 1.36. The molecule has 1 aliphatic heterocycles. The minimum absolute atomic E-state index is 0.131. The molecule has 0 bridgehead atoms. The molecule has 0 aliphatic carbocycles. The van der Waals surface area contributed by atoms with Gasteiger partial charge in [-0.15, -0.1) is 10.2 Å². The van der Waals surface area contributed by atoms with Gasteiger partial charge in [-0.05, 0) is 12.8 Å². The number of nitrogens with one attached hydrogen (secondary N) is 1. The fourth-order valence-corrected chi connectivity index (χ4v) is 2.69. The molecule has 1 aromatic heterocycles. The molecule has 2 aromatic rings. The zero-order valence-corrected chi connectivity index (χ0v) is 11.0. The Morgan fingerprint density at radius 3 is 2.89 bits per heavy atom. The number of anilines is 1. The van der Waals surface area contributed by atoms with Crippen LogP contribution in [-0.2, 0) is 9.53 Å². The Bertz CT molecular complexity index is 564. The van der Waals surface area contributed by atoms with Crippen molar-refractivity contribution in [1.29, 1.82) is 0 Å². The van der Waals surface area contributed by atoms with Gasteiger partial charge in [-0.25, -0.2) is 0 Å². The van der Waals surface area contributed by atoms with Crippen molar-refractivity contribution in [3.8, 4) is 10.6 Å². The quantitative estimate of drug-likeness (QED) is 0.933. The van der Waals surface area contributed by atoms with Gasteiger partial charge in [-0.3, -0.25) is 10.1 Å². The van der Waals surface area contributed by atoms with Crippen molar-refractivity contribution < 1.29 is 9.53 Å². The maximum Gasteiger partial charge on any atom is 0.255 e. The van der Waals surface area contributed by atoms with E-state index in [-0.39, 0.29) is 12.0 Å². The number of hydrogen-bond donors (Lipinski definition) is 1. The van der Waals surface area contributed by atoms with Crippen LogP contribution >= 0.6 is 11.3 Å². The molecular formula is C13H13N3O2S. The smallest absolute Gasteiger partial charge is 0.255 e. The number of carbonyl (C=O) groups excluding carboxylic acids is 1. The maximum absolute atomic E-state index is 11.9. The van der Waals surface area contributed by atoms with Crippen LogP contribution in [0.15, 0.2) is 30.3 Å². The van der Waals surface area contributed by atoms with Gasteiger partial charge in [-0.2, -0.15) is 0 Å². The normalized spacial score (nSPS) is 18.4. The Balaban J connectivity index is 1.70.